The molecular weight excluding hydrogens is 459 g/mol. The lowest BCUT2D eigenvalue weighted by atomic mass is 9.71. The highest BCUT2D eigenvalue weighted by Crippen LogP contribution is 2.47. The van der Waals surface area contributed by atoms with Gasteiger partial charge in [-0.2, -0.15) is 0 Å². The molecule has 3 rings (SSSR count). The monoisotopic (exact) mass is 488 g/mol. The van der Waals surface area contributed by atoms with E-state index in [1.165, 1.54) is 5.57 Å². The summed E-state index contributed by atoms with van der Waals surface area (Å²) in [7, 11) is 0. The predicted molar refractivity (Wildman–Crippen MR) is 126 cm³/mol. The molecule has 0 spiro atoms. The van der Waals surface area contributed by atoms with E-state index < -0.39 is 0 Å². The molecule has 0 amide bonds. The van der Waals surface area contributed by atoms with Crippen molar-refractivity contribution in [3.63, 3.8) is 0 Å². The van der Waals surface area contributed by atoms with Gasteiger partial charge < -0.3 is 10.2 Å². The Morgan fingerprint density at radius 2 is 1.93 bits per heavy atom. The number of halogens is 1. The van der Waals surface area contributed by atoms with Gasteiger partial charge in [0.15, 0.2) is 0 Å². The largest absolute Gasteiger partial charge is 0.507 e. The number of phenols is 2. The zero-order valence-electron chi connectivity index (χ0n) is 16.9. The summed E-state index contributed by atoms with van der Waals surface area (Å²) in [6.45, 7) is 10.5. The first-order valence-electron chi connectivity index (χ1n) is 9.94. The Bertz CT molecular complexity index is 911. The van der Waals surface area contributed by atoms with Crippen molar-refractivity contribution >= 4 is 22.6 Å². The van der Waals surface area contributed by atoms with E-state index in [9.17, 15) is 10.2 Å². The van der Waals surface area contributed by atoms with Crippen LogP contribution in [0, 0.1) is 15.4 Å². The summed E-state index contributed by atoms with van der Waals surface area (Å²) in [5.74, 6) is 1.71. The van der Waals surface area contributed by atoms with Gasteiger partial charge in [-0.25, -0.2) is 0 Å². The maximum atomic E-state index is 11.3. The van der Waals surface area contributed by atoms with Gasteiger partial charge in [0.1, 0.15) is 11.5 Å². The van der Waals surface area contributed by atoms with Crippen LogP contribution >= 0.6 is 22.6 Å². The average molecular weight is 488 g/mol. The van der Waals surface area contributed by atoms with E-state index >= 15 is 0 Å². The molecule has 2 atom stereocenters. The van der Waals surface area contributed by atoms with Gasteiger partial charge in [0.25, 0.3) is 0 Å². The van der Waals surface area contributed by atoms with Crippen LogP contribution in [0.4, 0.5) is 0 Å². The molecule has 148 valence electrons. The summed E-state index contributed by atoms with van der Waals surface area (Å²) in [5, 5.41) is 21.8. The SMILES string of the molecule is C=CCc1ccc(O)c(-c2cc(I)cc([C@@H]3C=C(C)CC[C@H]3C(C)C)c2O)c1. The molecule has 0 heterocycles. The quantitative estimate of drug-likeness (QED) is 0.345. The van der Waals surface area contributed by atoms with E-state index in [2.05, 4.69) is 62.1 Å². The summed E-state index contributed by atoms with van der Waals surface area (Å²) in [6, 6.07) is 9.60. The number of benzene rings is 2. The van der Waals surface area contributed by atoms with Gasteiger partial charge in [0.2, 0.25) is 0 Å². The summed E-state index contributed by atoms with van der Waals surface area (Å²) in [5.41, 5.74) is 4.79. The van der Waals surface area contributed by atoms with Crippen molar-refractivity contribution in [3.8, 4) is 22.6 Å². The smallest absolute Gasteiger partial charge is 0.127 e. The van der Waals surface area contributed by atoms with E-state index in [0.29, 0.717) is 23.0 Å². The Balaban J connectivity index is 2.17. The number of hydrogen-bond donors (Lipinski definition) is 2. The minimum atomic E-state index is 0.187. The molecule has 2 aromatic rings. The van der Waals surface area contributed by atoms with Gasteiger partial charge in [0, 0.05) is 26.2 Å². The van der Waals surface area contributed by atoms with Crippen LogP contribution in [0.25, 0.3) is 11.1 Å². The predicted octanol–water partition coefficient (Wildman–Crippen LogP) is 7.19. The Kier molecular flexibility index (Phi) is 6.54. The van der Waals surface area contributed by atoms with Crippen molar-refractivity contribution < 1.29 is 10.2 Å². The van der Waals surface area contributed by atoms with Crippen LogP contribution in [0.3, 0.4) is 0 Å². The Labute approximate surface area is 182 Å². The number of phenolic OH excluding ortho intramolecular Hbond substituents is 2. The van der Waals surface area contributed by atoms with E-state index in [-0.39, 0.29) is 17.4 Å². The van der Waals surface area contributed by atoms with Gasteiger partial charge >= 0.3 is 0 Å². The summed E-state index contributed by atoms with van der Waals surface area (Å²) in [6.07, 6.45) is 7.17. The third kappa shape index (κ3) is 4.29. The average Bonchev–Trinajstić information content (AvgIpc) is 2.65. The molecule has 2 aromatic carbocycles. The molecule has 0 fully saturated rings. The molecule has 0 saturated heterocycles. The van der Waals surface area contributed by atoms with Crippen LogP contribution in [-0.4, -0.2) is 10.2 Å². The van der Waals surface area contributed by atoms with Crippen molar-refractivity contribution in [2.75, 3.05) is 0 Å². The molecule has 0 bridgehead atoms. The highest BCUT2D eigenvalue weighted by Gasteiger charge is 2.30. The second-order valence-electron chi connectivity index (χ2n) is 8.22. The Hall–Kier alpha value is -1.75. The number of hydrogen-bond acceptors (Lipinski definition) is 2. The topological polar surface area (TPSA) is 40.5 Å². The molecule has 2 N–H and O–H groups in total. The van der Waals surface area contributed by atoms with Gasteiger partial charge in [-0.3, -0.25) is 0 Å². The molecule has 1 aliphatic carbocycles. The Morgan fingerprint density at radius 3 is 2.61 bits per heavy atom. The van der Waals surface area contributed by atoms with E-state index in [0.717, 1.165) is 34.0 Å². The molecule has 3 heteroatoms. The van der Waals surface area contributed by atoms with Gasteiger partial charge in [-0.1, -0.05) is 37.6 Å². The maximum absolute atomic E-state index is 11.3. The van der Waals surface area contributed by atoms with Gasteiger partial charge in [0.05, 0.1) is 0 Å². The van der Waals surface area contributed by atoms with Crippen LogP contribution in [-0.2, 0) is 6.42 Å². The number of allylic oxidation sites excluding steroid dienone is 3. The standard InChI is InChI=1S/C25H29IO2/c1-5-6-17-8-10-24(27)21(12-17)23-14-18(26)13-22(25(23)28)20-11-16(4)7-9-19(20)15(2)3/h5,8,10-15,19-20,27-28H,1,6-7,9H2,2-4H3/t19-,20+/m0/s1. The lowest BCUT2D eigenvalue weighted by Crippen LogP contribution is -2.21. The fourth-order valence-electron chi connectivity index (χ4n) is 4.33. The maximum Gasteiger partial charge on any atom is 0.127 e. The molecule has 28 heavy (non-hydrogen) atoms. The molecule has 2 nitrogen and oxygen atoms in total. The molecule has 0 aliphatic heterocycles. The second kappa shape index (κ2) is 8.73. The number of aromatic hydroxyl groups is 2. The first-order valence-corrected chi connectivity index (χ1v) is 11.0. The van der Waals surface area contributed by atoms with Crippen LogP contribution in [0.15, 0.2) is 54.6 Å². The highest BCUT2D eigenvalue weighted by atomic mass is 127. The third-order valence-electron chi connectivity index (χ3n) is 5.85. The normalized spacial score (nSPS) is 19.5. The van der Waals surface area contributed by atoms with Crippen LogP contribution in [0.1, 0.15) is 50.7 Å². The first kappa shape index (κ1) is 21.0. The lowest BCUT2D eigenvalue weighted by Gasteiger charge is -2.33. The van der Waals surface area contributed by atoms with E-state index in [4.69, 9.17) is 0 Å². The fourth-order valence-corrected chi connectivity index (χ4v) is 4.97. The van der Waals surface area contributed by atoms with Crippen molar-refractivity contribution in [1.82, 2.24) is 0 Å². The van der Waals surface area contributed by atoms with E-state index in [1.807, 2.05) is 24.3 Å². The molecule has 0 saturated carbocycles. The molecule has 1 aliphatic rings. The fraction of sp³-hybridized carbons (Fsp3) is 0.360. The van der Waals surface area contributed by atoms with Gasteiger partial charge in [-0.05, 0) is 90.4 Å². The highest BCUT2D eigenvalue weighted by molar-refractivity contribution is 14.1. The zero-order valence-corrected chi connectivity index (χ0v) is 19.0. The van der Waals surface area contributed by atoms with E-state index in [1.54, 1.807) is 6.07 Å². The van der Waals surface area contributed by atoms with Crippen LogP contribution in [0.2, 0.25) is 0 Å². The van der Waals surface area contributed by atoms with Crippen molar-refractivity contribution in [2.24, 2.45) is 11.8 Å². The Morgan fingerprint density at radius 1 is 1.18 bits per heavy atom. The van der Waals surface area contributed by atoms with Crippen LogP contribution < -0.4 is 0 Å². The first-order chi connectivity index (χ1) is 13.3. The third-order valence-corrected chi connectivity index (χ3v) is 6.47. The van der Waals surface area contributed by atoms with Crippen molar-refractivity contribution in [3.05, 3.63) is 69.3 Å². The molecular formula is C25H29IO2. The molecule has 0 unspecified atom stereocenters. The van der Waals surface area contributed by atoms with Gasteiger partial charge in [-0.15, -0.1) is 6.58 Å². The minimum Gasteiger partial charge on any atom is -0.507 e. The molecule has 0 aromatic heterocycles. The van der Waals surface area contributed by atoms with Crippen molar-refractivity contribution in [2.45, 2.75) is 46.0 Å². The second-order valence-corrected chi connectivity index (χ2v) is 9.47. The van der Waals surface area contributed by atoms with Crippen LogP contribution in [0.5, 0.6) is 11.5 Å². The molecule has 0 radical (unpaired) electrons. The number of rotatable bonds is 5. The minimum absolute atomic E-state index is 0.187. The summed E-state index contributed by atoms with van der Waals surface area (Å²) in [4.78, 5) is 0. The summed E-state index contributed by atoms with van der Waals surface area (Å²) >= 11 is 2.31. The lowest BCUT2D eigenvalue weighted by molar-refractivity contribution is 0.310. The van der Waals surface area contributed by atoms with Crippen molar-refractivity contribution in [1.29, 1.82) is 0 Å². The summed E-state index contributed by atoms with van der Waals surface area (Å²) < 4.78 is 1.06. The zero-order chi connectivity index (χ0) is 20.4.